The highest BCUT2D eigenvalue weighted by atomic mass is 16.5. The number of hydrogen-bond acceptors (Lipinski definition) is 4. The molecular formula is C19H16N4O. The quantitative estimate of drug-likeness (QED) is 0.573. The minimum Gasteiger partial charge on any atom is -0.494 e. The maximum absolute atomic E-state index is 5.53. The maximum Gasteiger partial charge on any atom is 0.157 e. The van der Waals surface area contributed by atoms with Crippen LogP contribution in [0, 0.1) is 0 Å². The summed E-state index contributed by atoms with van der Waals surface area (Å²) in [6, 6.07) is 14.2. The Labute approximate surface area is 139 Å². The molecule has 5 nitrogen and oxygen atoms in total. The number of benzene rings is 1. The van der Waals surface area contributed by atoms with Crippen LogP contribution in [-0.2, 0) is 0 Å². The molecule has 0 atom stereocenters. The van der Waals surface area contributed by atoms with Crippen molar-refractivity contribution in [1.29, 1.82) is 0 Å². The van der Waals surface area contributed by atoms with Crippen molar-refractivity contribution >= 4 is 11.0 Å². The van der Waals surface area contributed by atoms with E-state index in [0.29, 0.717) is 6.61 Å². The molecule has 3 aromatic heterocycles. The molecule has 0 N–H and O–H groups in total. The molecule has 0 unspecified atom stereocenters. The summed E-state index contributed by atoms with van der Waals surface area (Å²) in [7, 11) is 0. The van der Waals surface area contributed by atoms with Gasteiger partial charge in [0.05, 0.1) is 18.5 Å². The molecule has 0 fully saturated rings. The van der Waals surface area contributed by atoms with Crippen LogP contribution in [0.1, 0.15) is 6.92 Å². The number of hydrogen-bond donors (Lipinski definition) is 0. The van der Waals surface area contributed by atoms with Gasteiger partial charge in [0.2, 0.25) is 0 Å². The summed E-state index contributed by atoms with van der Waals surface area (Å²) >= 11 is 0. The smallest absolute Gasteiger partial charge is 0.157 e. The lowest BCUT2D eigenvalue weighted by atomic mass is 10.1. The average Bonchev–Trinajstić information content (AvgIpc) is 3.03. The van der Waals surface area contributed by atoms with E-state index in [1.807, 2.05) is 47.9 Å². The second kappa shape index (κ2) is 6.12. The van der Waals surface area contributed by atoms with Crippen molar-refractivity contribution < 1.29 is 4.74 Å². The topological polar surface area (TPSA) is 52.8 Å². The van der Waals surface area contributed by atoms with Gasteiger partial charge < -0.3 is 4.74 Å². The minimum absolute atomic E-state index is 0.656. The molecular weight excluding hydrogens is 300 g/mol. The summed E-state index contributed by atoms with van der Waals surface area (Å²) in [5.41, 5.74) is 2.95. The second-order valence-electron chi connectivity index (χ2n) is 5.30. The normalized spacial score (nSPS) is 10.9. The zero-order valence-electron chi connectivity index (χ0n) is 13.3. The van der Waals surface area contributed by atoms with Crippen molar-refractivity contribution in [2.75, 3.05) is 6.61 Å². The molecule has 0 amide bonds. The van der Waals surface area contributed by atoms with Crippen LogP contribution in [-0.4, -0.2) is 26.1 Å². The molecule has 0 saturated carbocycles. The Hall–Kier alpha value is -3.21. The molecule has 4 aromatic rings. The summed E-state index contributed by atoms with van der Waals surface area (Å²) < 4.78 is 7.55. The molecule has 0 radical (unpaired) electrons. The number of pyridine rings is 1. The number of ether oxygens (including phenoxy) is 1. The molecule has 5 heteroatoms. The van der Waals surface area contributed by atoms with E-state index in [2.05, 4.69) is 21.0 Å². The highest BCUT2D eigenvalue weighted by molar-refractivity contribution is 5.86. The van der Waals surface area contributed by atoms with Gasteiger partial charge in [-0.1, -0.05) is 0 Å². The van der Waals surface area contributed by atoms with Crippen LogP contribution in [0.3, 0.4) is 0 Å². The van der Waals surface area contributed by atoms with Gasteiger partial charge in [0, 0.05) is 24.0 Å². The van der Waals surface area contributed by atoms with Gasteiger partial charge in [0.15, 0.2) is 5.82 Å². The molecule has 3 heterocycles. The zero-order chi connectivity index (χ0) is 16.4. The Morgan fingerprint density at radius 3 is 2.62 bits per heavy atom. The van der Waals surface area contributed by atoms with Gasteiger partial charge in [-0.2, -0.15) is 0 Å². The van der Waals surface area contributed by atoms with E-state index in [1.54, 1.807) is 24.8 Å². The largest absolute Gasteiger partial charge is 0.494 e. The fourth-order valence-electron chi connectivity index (χ4n) is 2.77. The summed E-state index contributed by atoms with van der Waals surface area (Å²) in [6.07, 6.45) is 6.88. The van der Waals surface area contributed by atoms with Gasteiger partial charge in [-0.25, -0.2) is 9.97 Å². The standard InChI is InChI=1S/C19H16N4O/c1-2-24-16-7-5-14(6-8-16)17-12-15-4-3-9-22-19(15)23(17)18-13-20-10-11-21-18/h3-13H,2H2,1H3. The molecule has 24 heavy (non-hydrogen) atoms. The van der Waals surface area contributed by atoms with Crippen LogP contribution in [0.5, 0.6) is 5.75 Å². The van der Waals surface area contributed by atoms with Crippen molar-refractivity contribution in [1.82, 2.24) is 19.5 Å². The van der Waals surface area contributed by atoms with Crippen LogP contribution < -0.4 is 4.74 Å². The third-order valence-corrected chi connectivity index (χ3v) is 3.80. The number of aromatic nitrogens is 4. The van der Waals surface area contributed by atoms with Crippen LogP contribution in [0.2, 0.25) is 0 Å². The first kappa shape index (κ1) is 14.4. The average molecular weight is 316 g/mol. The van der Waals surface area contributed by atoms with E-state index < -0.39 is 0 Å². The number of rotatable bonds is 4. The van der Waals surface area contributed by atoms with Gasteiger partial charge in [-0.15, -0.1) is 0 Å². The first-order valence-electron chi connectivity index (χ1n) is 7.83. The molecule has 0 bridgehead atoms. The Bertz CT molecular complexity index is 962. The maximum atomic E-state index is 5.53. The van der Waals surface area contributed by atoms with E-state index >= 15 is 0 Å². The first-order valence-corrected chi connectivity index (χ1v) is 7.83. The summed E-state index contributed by atoms with van der Waals surface area (Å²) in [5, 5.41) is 1.06. The Balaban J connectivity index is 1.91. The van der Waals surface area contributed by atoms with Crippen LogP contribution in [0.4, 0.5) is 0 Å². The Morgan fingerprint density at radius 2 is 1.88 bits per heavy atom. The molecule has 0 aliphatic carbocycles. The van der Waals surface area contributed by atoms with Crippen LogP contribution in [0.15, 0.2) is 67.3 Å². The van der Waals surface area contributed by atoms with Crippen LogP contribution >= 0.6 is 0 Å². The van der Waals surface area contributed by atoms with E-state index in [1.165, 1.54) is 0 Å². The molecule has 0 saturated heterocycles. The molecule has 118 valence electrons. The van der Waals surface area contributed by atoms with Crippen molar-refractivity contribution in [3.05, 3.63) is 67.3 Å². The Morgan fingerprint density at radius 1 is 1.00 bits per heavy atom. The number of fused-ring (bicyclic) bond motifs is 1. The monoisotopic (exact) mass is 316 g/mol. The fourth-order valence-corrected chi connectivity index (χ4v) is 2.77. The Kier molecular flexibility index (Phi) is 3.67. The number of nitrogens with zero attached hydrogens (tertiary/aromatic N) is 4. The van der Waals surface area contributed by atoms with Crippen molar-refractivity contribution in [2.45, 2.75) is 6.92 Å². The van der Waals surface area contributed by atoms with Gasteiger partial charge >= 0.3 is 0 Å². The third kappa shape index (κ3) is 2.50. The second-order valence-corrected chi connectivity index (χ2v) is 5.30. The zero-order valence-corrected chi connectivity index (χ0v) is 13.3. The lowest BCUT2D eigenvalue weighted by molar-refractivity contribution is 0.340. The summed E-state index contributed by atoms with van der Waals surface area (Å²) in [5.74, 6) is 1.61. The minimum atomic E-state index is 0.656. The van der Waals surface area contributed by atoms with Gasteiger partial charge in [-0.3, -0.25) is 9.55 Å². The lowest BCUT2D eigenvalue weighted by Gasteiger charge is -2.10. The van der Waals surface area contributed by atoms with E-state index in [4.69, 9.17) is 4.74 Å². The van der Waals surface area contributed by atoms with Gasteiger partial charge in [0.1, 0.15) is 11.4 Å². The molecule has 0 aliphatic heterocycles. The lowest BCUT2D eigenvalue weighted by Crippen LogP contribution is -2.01. The van der Waals surface area contributed by atoms with Crippen molar-refractivity contribution in [2.24, 2.45) is 0 Å². The third-order valence-electron chi connectivity index (χ3n) is 3.80. The molecule has 0 spiro atoms. The predicted molar refractivity (Wildman–Crippen MR) is 93.3 cm³/mol. The fraction of sp³-hybridized carbons (Fsp3) is 0.105. The molecule has 1 aromatic carbocycles. The van der Waals surface area contributed by atoms with E-state index in [-0.39, 0.29) is 0 Å². The molecule has 4 rings (SSSR count). The van der Waals surface area contributed by atoms with E-state index in [0.717, 1.165) is 33.9 Å². The highest BCUT2D eigenvalue weighted by Crippen LogP contribution is 2.30. The van der Waals surface area contributed by atoms with Crippen molar-refractivity contribution in [3.63, 3.8) is 0 Å². The SMILES string of the molecule is CCOc1ccc(-c2cc3cccnc3n2-c2cnccn2)cc1. The highest BCUT2D eigenvalue weighted by Gasteiger charge is 2.14. The van der Waals surface area contributed by atoms with Gasteiger partial charge in [0.25, 0.3) is 0 Å². The van der Waals surface area contributed by atoms with Gasteiger partial charge in [-0.05, 0) is 55.0 Å². The van der Waals surface area contributed by atoms with Crippen molar-refractivity contribution in [3.8, 4) is 22.8 Å². The molecule has 0 aliphatic rings. The summed E-state index contributed by atoms with van der Waals surface area (Å²) in [6.45, 7) is 2.63. The first-order chi connectivity index (χ1) is 11.9. The predicted octanol–water partition coefficient (Wildman–Crippen LogP) is 3.88. The summed E-state index contributed by atoms with van der Waals surface area (Å²) in [4.78, 5) is 13.2. The van der Waals surface area contributed by atoms with Crippen LogP contribution in [0.25, 0.3) is 28.1 Å². The van der Waals surface area contributed by atoms with E-state index in [9.17, 15) is 0 Å².